The van der Waals surface area contributed by atoms with Crippen LogP contribution in [0.1, 0.15) is 0 Å². The molecule has 2 aromatic heterocycles. The number of nitrogens with zero attached hydrogens (tertiary/aromatic N) is 5. The highest BCUT2D eigenvalue weighted by atomic mass is 15.1. The summed E-state index contributed by atoms with van der Waals surface area (Å²) in [5, 5.41) is 4.93. The van der Waals surface area contributed by atoms with E-state index in [1.54, 1.807) is 0 Å². The fraction of sp³-hybridized carbons (Fsp3) is 0. The van der Waals surface area contributed by atoms with Crippen LogP contribution in [-0.2, 0) is 0 Å². The molecule has 0 atom stereocenters. The van der Waals surface area contributed by atoms with Gasteiger partial charge in [-0.25, -0.2) is 15.0 Å². The van der Waals surface area contributed by atoms with E-state index in [0.29, 0.717) is 17.5 Å². The summed E-state index contributed by atoms with van der Waals surface area (Å²) in [5.41, 5.74) is 13.3. The molecule has 0 N–H and O–H groups in total. The van der Waals surface area contributed by atoms with E-state index >= 15 is 0 Å². The Labute approximate surface area is 354 Å². The van der Waals surface area contributed by atoms with Gasteiger partial charge in [0.05, 0.1) is 5.52 Å². The molecule has 6 heteroatoms. The quantitative estimate of drug-likeness (QED) is 0.151. The summed E-state index contributed by atoms with van der Waals surface area (Å²) in [4.78, 5) is 17.7. The number of benzene rings is 9. The van der Waals surface area contributed by atoms with Gasteiger partial charge in [0.25, 0.3) is 0 Å². The van der Waals surface area contributed by atoms with E-state index in [9.17, 15) is 0 Å². The summed E-state index contributed by atoms with van der Waals surface area (Å²) in [5.74, 6) is 1.92. The van der Waals surface area contributed by atoms with Crippen molar-refractivity contribution in [1.82, 2.24) is 19.5 Å². The Balaban J connectivity index is 1.17. The molecule has 11 aromatic rings. The van der Waals surface area contributed by atoms with Crippen LogP contribution in [0.5, 0.6) is 0 Å². The molecule has 0 amide bonds. The van der Waals surface area contributed by atoms with Crippen LogP contribution in [0.2, 0.25) is 0 Å². The summed E-state index contributed by atoms with van der Waals surface area (Å²) in [7, 11) is 0. The van der Waals surface area contributed by atoms with E-state index in [1.807, 2.05) is 36.4 Å². The van der Waals surface area contributed by atoms with Gasteiger partial charge in [0, 0.05) is 55.7 Å². The molecule has 0 spiro atoms. The molecular weight excluding hydrogens is 741 g/mol. The molecule has 0 fully saturated rings. The van der Waals surface area contributed by atoms with E-state index in [0.717, 1.165) is 39.4 Å². The Morgan fingerprint density at radius 1 is 0.393 bits per heavy atom. The molecule has 61 heavy (non-hydrogen) atoms. The van der Waals surface area contributed by atoms with Crippen LogP contribution < -0.4 is 21.3 Å². The molecular formula is C55H36BN5. The minimum absolute atomic E-state index is 0.0981. The first kappa shape index (κ1) is 34.9. The van der Waals surface area contributed by atoms with E-state index < -0.39 is 0 Å². The molecule has 0 aliphatic carbocycles. The van der Waals surface area contributed by atoms with Gasteiger partial charge in [0.15, 0.2) is 17.5 Å². The predicted octanol–water partition coefficient (Wildman–Crippen LogP) is 11.4. The Hall–Kier alpha value is -8.09. The van der Waals surface area contributed by atoms with Crippen molar-refractivity contribution >= 4 is 72.7 Å². The third-order valence-electron chi connectivity index (χ3n) is 12.0. The Bertz CT molecular complexity index is 3310. The molecule has 284 valence electrons. The van der Waals surface area contributed by atoms with Crippen LogP contribution in [0.3, 0.4) is 0 Å². The lowest BCUT2D eigenvalue weighted by molar-refractivity contribution is 1.07. The monoisotopic (exact) mass is 777 g/mol. The van der Waals surface area contributed by atoms with Gasteiger partial charge < -0.3 is 9.47 Å². The van der Waals surface area contributed by atoms with Gasteiger partial charge in [-0.2, -0.15) is 0 Å². The Kier molecular flexibility index (Phi) is 8.20. The van der Waals surface area contributed by atoms with Gasteiger partial charge in [0.2, 0.25) is 6.71 Å². The number of anilines is 3. The number of para-hydroxylation sites is 2. The lowest BCUT2D eigenvalue weighted by atomic mass is 9.35. The highest BCUT2D eigenvalue weighted by Gasteiger charge is 2.35. The normalized spacial score (nSPS) is 11.9. The van der Waals surface area contributed by atoms with Gasteiger partial charge in [0.1, 0.15) is 0 Å². The second kappa shape index (κ2) is 14.3. The van der Waals surface area contributed by atoms with Gasteiger partial charge >= 0.3 is 0 Å². The molecule has 5 nitrogen and oxygen atoms in total. The number of fused-ring (bicyclic) bond motifs is 7. The zero-order chi connectivity index (χ0) is 40.3. The maximum Gasteiger partial charge on any atom is 0.246 e. The molecule has 0 bridgehead atoms. The summed E-state index contributed by atoms with van der Waals surface area (Å²) in [6.07, 6.45) is 0. The standard InChI is InChI=1S/C55H36BN5/c1-6-19-38(20-7-1)53-57-54(39-21-8-2-9-22-39)59-55(58-53)40-31-32-49-47(34-40)56(41-23-10-3-11-24-41)48-36-44(60(42-25-12-4-13-26-42)43-27-14-5-15-28-43)35-46-51-45-29-17-16-18-37(45)30-33-50(51)61(49)52(46)48/h1-36H. The average Bonchev–Trinajstić information content (AvgIpc) is 3.68. The second-order valence-electron chi connectivity index (χ2n) is 15.6. The highest BCUT2D eigenvalue weighted by molar-refractivity contribution is 6.98. The zero-order valence-corrected chi connectivity index (χ0v) is 33.1. The van der Waals surface area contributed by atoms with Gasteiger partial charge in [-0.3, -0.25) is 0 Å². The summed E-state index contributed by atoms with van der Waals surface area (Å²) >= 11 is 0. The van der Waals surface area contributed by atoms with E-state index in [1.165, 1.54) is 49.0 Å². The minimum atomic E-state index is -0.0981. The maximum absolute atomic E-state index is 5.17. The van der Waals surface area contributed by atoms with Crippen molar-refractivity contribution < 1.29 is 0 Å². The maximum atomic E-state index is 5.17. The van der Waals surface area contributed by atoms with Crippen molar-refractivity contribution in [2.45, 2.75) is 0 Å². The van der Waals surface area contributed by atoms with E-state index in [2.05, 4.69) is 191 Å². The third kappa shape index (κ3) is 5.83. The van der Waals surface area contributed by atoms with Gasteiger partial charge in [-0.1, -0.05) is 169 Å². The van der Waals surface area contributed by atoms with Crippen molar-refractivity contribution in [3.8, 4) is 39.9 Å². The molecule has 9 aromatic carbocycles. The van der Waals surface area contributed by atoms with Crippen LogP contribution in [-0.4, -0.2) is 26.2 Å². The van der Waals surface area contributed by atoms with Crippen molar-refractivity contribution in [2.24, 2.45) is 0 Å². The van der Waals surface area contributed by atoms with Crippen LogP contribution >= 0.6 is 0 Å². The lowest BCUT2D eigenvalue weighted by Gasteiger charge is -2.30. The van der Waals surface area contributed by atoms with Crippen LogP contribution in [0.25, 0.3) is 72.4 Å². The molecule has 0 saturated carbocycles. The molecule has 0 radical (unpaired) electrons. The molecule has 3 heterocycles. The summed E-state index contributed by atoms with van der Waals surface area (Å²) < 4.78 is 2.50. The van der Waals surface area contributed by atoms with Crippen molar-refractivity contribution in [3.63, 3.8) is 0 Å². The molecule has 0 saturated heterocycles. The molecule has 1 aliphatic rings. The third-order valence-corrected chi connectivity index (χ3v) is 12.0. The number of hydrogen-bond donors (Lipinski definition) is 0. The average molecular weight is 778 g/mol. The SMILES string of the molecule is c1ccc(B2c3cc(-c4nc(-c5ccccc5)nc(-c5ccccc5)n4)ccc3-n3c4ccc5ccccc5c4c4cc(N(c5ccccc5)c5ccccc5)cc2c43)cc1. The molecule has 1 aliphatic heterocycles. The Morgan fingerprint density at radius 3 is 1.56 bits per heavy atom. The summed E-state index contributed by atoms with van der Waals surface area (Å²) in [6.45, 7) is -0.0981. The summed E-state index contributed by atoms with van der Waals surface area (Å²) in [6, 6.07) is 77.7. The first-order chi connectivity index (χ1) is 30.3. The smallest absolute Gasteiger partial charge is 0.246 e. The number of aromatic nitrogens is 4. The fourth-order valence-corrected chi connectivity index (χ4v) is 9.37. The molecule has 12 rings (SSSR count). The predicted molar refractivity (Wildman–Crippen MR) is 254 cm³/mol. The molecule has 0 unspecified atom stereocenters. The van der Waals surface area contributed by atoms with Gasteiger partial charge in [-0.15, -0.1) is 0 Å². The minimum Gasteiger partial charge on any atom is -0.311 e. The largest absolute Gasteiger partial charge is 0.311 e. The first-order valence-electron chi connectivity index (χ1n) is 20.7. The van der Waals surface area contributed by atoms with Crippen LogP contribution in [0.15, 0.2) is 218 Å². The number of rotatable bonds is 7. The van der Waals surface area contributed by atoms with Crippen molar-refractivity contribution in [2.75, 3.05) is 4.90 Å². The topological polar surface area (TPSA) is 46.8 Å². The van der Waals surface area contributed by atoms with Crippen molar-refractivity contribution in [1.29, 1.82) is 0 Å². The fourth-order valence-electron chi connectivity index (χ4n) is 9.37. The van der Waals surface area contributed by atoms with Gasteiger partial charge in [-0.05, 0) is 76.3 Å². The van der Waals surface area contributed by atoms with Crippen LogP contribution in [0, 0.1) is 0 Å². The Morgan fingerprint density at radius 2 is 0.934 bits per heavy atom. The van der Waals surface area contributed by atoms with Crippen molar-refractivity contribution in [3.05, 3.63) is 218 Å². The lowest BCUT2D eigenvalue weighted by Crippen LogP contribution is -2.56. The second-order valence-corrected chi connectivity index (χ2v) is 15.6. The van der Waals surface area contributed by atoms with Crippen LogP contribution in [0.4, 0.5) is 17.1 Å². The van der Waals surface area contributed by atoms with E-state index in [4.69, 9.17) is 15.0 Å². The number of hydrogen-bond acceptors (Lipinski definition) is 4. The van der Waals surface area contributed by atoms with E-state index in [-0.39, 0.29) is 6.71 Å². The zero-order valence-electron chi connectivity index (χ0n) is 33.1. The first-order valence-corrected chi connectivity index (χ1v) is 20.7. The highest BCUT2D eigenvalue weighted by Crippen LogP contribution is 2.42.